The fraction of sp³-hybridized carbons (Fsp3) is 0.0870. The molecule has 0 aromatic heterocycles. The van der Waals surface area contributed by atoms with Crippen LogP contribution in [0.2, 0.25) is 10.0 Å². The van der Waals surface area contributed by atoms with Gasteiger partial charge in [-0.3, -0.25) is 0 Å². The summed E-state index contributed by atoms with van der Waals surface area (Å²) in [4.78, 5) is 0. The molecule has 0 heterocycles. The monoisotopic (exact) mass is 487 g/mol. The lowest BCUT2D eigenvalue weighted by molar-refractivity contribution is 0.284. The normalized spacial score (nSPS) is 11.1. The maximum Gasteiger partial charge on any atom is 0.162 e. The zero-order valence-electron chi connectivity index (χ0n) is 15.5. The maximum absolute atomic E-state index is 9.56. The van der Waals surface area contributed by atoms with Crippen LogP contribution in [0.3, 0.4) is 0 Å². The lowest BCUT2D eigenvalue weighted by atomic mass is 10.0. The van der Waals surface area contributed by atoms with Gasteiger partial charge in [0.05, 0.1) is 18.8 Å². The van der Waals surface area contributed by atoms with Crippen molar-refractivity contribution in [3.8, 4) is 17.6 Å². The van der Waals surface area contributed by atoms with Crippen LogP contribution >= 0.6 is 39.1 Å². The Hall–Kier alpha value is -2.45. The predicted molar refractivity (Wildman–Crippen MR) is 121 cm³/mol. The van der Waals surface area contributed by atoms with Gasteiger partial charge in [0.2, 0.25) is 0 Å². The van der Waals surface area contributed by atoms with Crippen molar-refractivity contribution < 1.29 is 9.47 Å². The van der Waals surface area contributed by atoms with Gasteiger partial charge in [0, 0.05) is 20.1 Å². The SMILES string of the molecule is COc1cc(C=C(C#N)c2ccccc2)c(Br)cc1OCc1ccc(Cl)cc1Cl. The number of allylic oxidation sites excluding steroid dienone is 1. The summed E-state index contributed by atoms with van der Waals surface area (Å²) in [5.41, 5.74) is 3.02. The highest BCUT2D eigenvalue weighted by atomic mass is 79.9. The number of ether oxygens (including phenoxy) is 2. The van der Waals surface area contributed by atoms with Gasteiger partial charge < -0.3 is 9.47 Å². The summed E-state index contributed by atoms with van der Waals surface area (Å²) < 4.78 is 12.2. The second-order valence-electron chi connectivity index (χ2n) is 6.08. The first-order chi connectivity index (χ1) is 14.0. The molecule has 0 aliphatic rings. The van der Waals surface area contributed by atoms with Crippen molar-refractivity contribution in [2.24, 2.45) is 0 Å². The molecule has 0 spiro atoms. The van der Waals surface area contributed by atoms with Gasteiger partial charge in [0.15, 0.2) is 11.5 Å². The van der Waals surface area contributed by atoms with E-state index in [4.69, 9.17) is 32.7 Å². The van der Waals surface area contributed by atoms with Gasteiger partial charge in [-0.25, -0.2) is 0 Å². The highest BCUT2D eigenvalue weighted by Gasteiger charge is 2.12. The Morgan fingerprint density at radius 1 is 1.07 bits per heavy atom. The van der Waals surface area contributed by atoms with E-state index in [-0.39, 0.29) is 6.61 Å². The summed E-state index contributed by atoms with van der Waals surface area (Å²) in [5.74, 6) is 1.11. The van der Waals surface area contributed by atoms with Crippen molar-refractivity contribution in [1.29, 1.82) is 5.26 Å². The van der Waals surface area contributed by atoms with E-state index >= 15 is 0 Å². The number of nitrogens with zero attached hydrogens (tertiary/aromatic N) is 1. The minimum Gasteiger partial charge on any atom is -0.493 e. The number of hydrogen-bond acceptors (Lipinski definition) is 3. The molecule has 0 atom stereocenters. The molecule has 0 unspecified atom stereocenters. The molecule has 0 aliphatic carbocycles. The van der Waals surface area contributed by atoms with Crippen molar-refractivity contribution in [2.45, 2.75) is 6.61 Å². The molecule has 0 saturated heterocycles. The third-order valence-electron chi connectivity index (χ3n) is 4.19. The molecular formula is C23H16BrCl2NO2. The van der Waals surface area contributed by atoms with Crippen molar-refractivity contribution >= 4 is 50.8 Å². The maximum atomic E-state index is 9.56. The first-order valence-corrected chi connectivity index (χ1v) is 10.2. The molecule has 0 fully saturated rings. The van der Waals surface area contributed by atoms with Crippen LogP contribution in [0.1, 0.15) is 16.7 Å². The van der Waals surface area contributed by atoms with E-state index < -0.39 is 0 Å². The molecule has 6 heteroatoms. The first-order valence-electron chi connectivity index (χ1n) is 8.63. The summed E-state index contributed by atoms with van der Waals surface area (Å²) in [6, 6.07) is 20.6. The van der Waals surface area contributed by atoms with Gasteiger partial charge in [-0.2, -0.15) is 5.26 Å². The molecule has 3 aromatic carbocycles. The zero-order valence-corrected chi connectivity index (χ0v) is 18.6. The molecule has 0 radical (unpaired) electrons. The van der Waals surface area contributed by atoms with Crippen LogP contribution in [-0.2, 0) is 6.61 Å². The standard InChI is InChI=1S/C23H16BrCl2NO2/c1-28-22-10-17(9-18(13-27)15-5-3-2-4-6-15)20(24)12-23(22)29-14-16-7-8-19(25)11-21(16)26/h2-12H,14H2,1H3. The Kier molecular flexibility index (Phi) is 7.22. The van der Waals surface area contributed by atoms with Crippen LogP contribution in [0, 0.1) is 11.3 Å². The quantitative estimate of drug-likeness (QED) is 0.268. The van der Waals surface area contributed by atoms with Gasteiger partial charge in [-0.1, -0.05) is 75.5 Å². The van der Waals surface area contributed by atoms with E-state index in [0.717, 1.165) is 21.2 Å². The minimum atomic E-state index is 0.265. The van der Waals surface area contributed by atoms with Gasteiger partial charge in [0.1, 0.15) is 6.61 Å². The molecule has 3 rings (SSSR count). The fourth-order valence-electron chi connectivity index (χ4n) is 2.68. The van der Waals surface area contributed by atoms with Crippen molar-refractivity contribution in [3.05, 3.63) is 91.9 Å². The van der Waals surface area contributed by atoms with E-state index in [1.54, 1.807) is 19.2 Å². The number of halogens is 3. The second-order valence-corrected chi connectivity index (χ2v) is 7.78. The van der Waals surface area contributed by atoms with Gasteiger partial charge in [0.25, 0.3) is 0 Å². The minimum absolute atomic E-state index is 0.265. The summed E-state index contributed by atoms with van der Waals surface area (Å²) in [6.45, 7) is 0.265. The molecule has 0 bridgehead atoms. The number of methoxy groups -OCH3 is 1. The Balaban J connectivity index is 1.89. The molecule has 3 nitrogen and oxygen atoms in total. The summed E-state index contributed by atoms with van der Waals surface area (Å²) in [7, 11) is 1.57. The number of rotatable bonds is 6. The van der Waals surface area contributed by atoms with Crippen LogP contribution in [0.25, 0.3) is 11.6 Å². The average molecular weight is 489 g/mol. The lowest BCUT2D eigenvalue weighted by Crippen LogP contribution is -1.99. The second kappa shape index (κ2) is 9.84. The molecule has 146 valence electrons. The largest absolute Gasteiger partial charge is 0.493 e. The topological polar surface area (TPSA) is 42.2 Å². The van der Waals surface area contributed by atoms with E-state index in [0.29, 0.717) is 27.1 Å². The highest BCUT2D eigenvalue weighted by Crippen LogP contribution is 2.36. The molecule has 0 saturated carbocycles. The fourth-order valence-corrected chi connectivity index (χ4v) is 3.58. The molecule has 29 heavy (non-hydrogen) atoms. The van der Waals surface area contributed by atoms with Gasteiger partial charge in [-0.05, 0) is 41.5 Å². The third kappa shape index (κ3) is 5.33. The summed E-state index contributed by atoms with van der Waals surface area (Å²) >= 11 is 15.7. The van der Waals surface area contributed by atoms with Crippen molar-refractivity contribution in [1.82, 2.24) is 0 Å². The van der Waals surface area contributed by atoms with Gasteiger partial charge >= 0.3 is 0 Å². The molecule has 0 aliphatic heterocycles. The Morgan fingerprint density at radius 2 is 1.83 bits per heavy atom. The zero-order chi connectivity index (χ0) is 20.8. The van der Waals surface area contributed by atoms with Crippen LogP contribution in [0.15, 0.2) is 65.1 Å². The Bertz CT molecular complexity index is 1090. The Labute approximate surface area is 188 Å². The van der Waals surface area contributed by atoms with Crippen LogP contribution in [0.4, 0.5) is 0 Å². The van der Waals surface area contributed by atoms with Crippen LogP contribution in [-0.4, -0.2) is 7.11 Å². The predicted octanol–water partition coefficient (Wildman–Crippen LogP) is 7.41. The van der Waals surface area contributed by atoms with Gasteiger partial charge in [-0.15, -0.1) is 0 Å². The highest BCUT2D eigenvalue weighted by molar-refractivity contribution is 9.10. The van der Waals surface area contributed by atoms with Crippen molar-refractivity contribution in [3.63, 3.8) is 0 Å². The average Bonchev–Trinajstić information content (AvgIpc) is 2.73. The van der Waals surface area contributed by atoms with E-state index in [1.165, 1.54) is 0 Å². The van der Waals surface area contributed by atoms with Crippen LogP contribution < -0.4 is 9.47 Å². The number of hydrogen-bond donors (Lipinski definition) is 0. The number of benzene rings is 3. The molecule has 0 amide bonds. The first kappa shape index (κ1) is 21.3. The summed E-state index contributed by atoms with van der Waals surface area (Å²) in [5, 5.41) is 10.7. The third-order valence-corrected chi connectivity index (χ3v) is 5.46. The molecule has 0 N–H and O–H groups in total. The Morgan fingerprint density at radius 3 is 2.48 bits per heavy atom. The van der Waals surface area contributed by atoms with E-state index in [1.807, 2.05) is 54.6 Å². The van der Waals surface area contributed by atoms with Crippen molar-refractivity contribution in [2.75, 3.05) is 7.11 Å². The summed E-state index contributed by atoms with van der Waals surface area (Å²) in [6.07, 6.45) is 1.81. The lowest BCUT2D eigenvalue weighted by Gasteiger charge is -2.14. The van der Waals surface area contributed by atoms with E-state index in [9.17, 15) is 5.26 Å². The molecule has 3 aromatic rings. The van der Waals surface area contributed by atoms with Crippen LogP contribution in [0.5, 0.6) is 11.5 Å². The molecular weight excluding hydrogens is 473 g/mol. The van der Waals surface area contributed by atoms with E-state index in [2.05, 4.69) is 22.0 Å². The number of nitriles is 1. The smallest absolute Gasteiger partial charge is 0.162 e.